The van der Waals surface area contributed by atoms with Crippen LogP contribution in [0.1, 0.15) is 16.7 Å². The highest BCUT2D eigenvalue weighted by Gasteiger charge is 2.12. The molecule has 0 radical (unpaired) electrons. The molecule has 84 valence electrons. The Morgan fingerprint density at radius 3 is 2.75 bits per heavy atom. The van der Waals surface area contributed by atoms with Crippen LogP contribution in [0.4, 0.5) is 0 Å². The van der Waals surface area contributed by atoms with Crippen LogP contribution in [0, 0.1) is 11.3 Å². The van der Waals surface area contributed by atoms with Crippen molar-refractivity contribution in [2.45, 2.75) is 12.3 Å². The Bertz CT molecular complexity index is 451. The fourth-order valence-corrected chi connectivity index (χ4v) is 1.48. The number of nitriles is 1. The van der Waals surface area contributed by atoms with Crippen molar-refractivity contribution in [3.8, 4) is 11.8 Å². The number of esters is 1. The van der Waals surface area contributed by atoms with E-state index in [4.69, 9.17) is 16.9 Å². The van der Waals surface area contributed by atoms with Crippen molar-refractivity contribution in [1.29, 1.82) is 5.26 Å². The van der Waals surface area contributed by atoms with E-state index in [2.05, 4.69) is 4.74 Å². The molecule has 0 bridgehead atoms. The van der Waals surface area contributed by atoms with Crippen molar-refractivity contribution < 1.29 is 14.6 Å². The van der Waals surface area contributed by atoms with E-state index >= 15 is 0 Å². The van der Waals surface area contributed by atoms with Gasteiger partial charge in [0.15, 0.2) is 0 Å². The molecule has 1 aromatic rings. The summed E-state index contributed by atoms with van der Waals surface area (Å²) in [4.78, 5) is 11.1. The number of hydrogen-bond donors (Lipinski definition) is 1. The zero-order valence-electron chi connectivity index (χ0n) is 8.66. The Morgan fingerprint density at radius 1 is 1.56 bits per heavy atom. The molecular weight excluding hydrogens is 230 g/mol. The fourth-order valence-electron chi connectivity index (χ4n) is 1.26. The fraction of sp³-hybridized carbons (Fsp3) is 0.273. The highest BCUT2D eigenvalue weighted by molar-refractivity contribution is 6.17. The molecule has 0 fully saturated rings. The van der Waals surface area contributed by atoms with Crippen LogP contribution in [-0.4, -0.2) is 18.2 Å². The molecule has 0 heterocycles. The number of phenols is 1. The minimum Gasteiger partial charge on any atom is -0.508 e. The summed E-state index contributed by atoms with van der Waals surface area (Å²) in [5.74, 6) is -0.374. The molecular formula is C11H10ClNO3. The summed E-state index contributed by atoms with van der Waals surface area (Å²) in [6.45, 7) is 0. The first-order valence-corrected chi connectivity index (χ1v) is 5.03. The van der Waals surface area contributed by atoms with Gasteiger partial charge >= 0.3 is 5.97 Å². The quantitative estimate of drug-likeness (QED) is 0.644. The van der Waals surface area contributed by atoms with Gasteiger partial charge in [0.1, 0.15) is 5.75 Å². The minimum atomic E-state index is -0.463. The van der Waals surface area contributed by atoms with Gasteiger partial charge in [-0.25, -0.2) is 0 Å². The van der Waals surface area contributed by atoms with Gasteiger partial charge in [-0.3, -0.25) is 4.79 Å². The Labute approximate surface area is 98.0 Å². The lowest BCUT2D eigenvalue weighted by Gasteiger charge is -2.07. The maximum absolute atomic E-state index is 11.1. The topological polar surface area (TPSA) is 70.3 Å². The van der Waals surface area contributed by atoms with Gasteiger partial charge in [-0.1, -0.05) is 0 Å². The van der Waals surface area contributed by atoms with Crippen molar-refractivity contribution in [2.75, 3.05) is 7.11 Å². The first-order valence-electron chi connectivity index (χ1n) is 4.50. The van der Waals surface area contributed by atoms with E-state index in [1.165, 1.54) is 19.2 Å². The number of halogens is 1. The molecule has 4 nitrogen and oxygen atoms in total. The van der Waals surface area contributed by atoms with E-state index in [1.807, 2.05) is 6.07 Å². The summed E-state index contributed by atoms with van der Waals surface area (Å²) in [5, 5.41) is 18.4. The molecule has 0 aliphatic carbocycles. The number of carbonyl (C=O) groups excluding carboxylic acids is 1. The van der Waals surface area contributed by atoms with Crippen LogP contribution >= 0.6 is 11.6 Å². The zero-order chi connectivity index (χ0) is 12.1. The van der Waals surface area contributed by atoms with Gasteiger partial charge in [0, 0.05) is 5.56 Å². The summed E-state index contributed by atoms with van der Waals surface area (Å²) in [5.41, 5.74) is 1.21. The summed E-state index contributed by atoms with van der Waals surface area (Å²) in [7, 11) is 1.27. The number of ether oxygens (including phenoxy) is 1. The molecule has 0 amide bonds. The van der Waals surface area contributed by atoms with Crippen molar-refractivity contribution in [3.05, 3.63) is 28.8 Å². The second-order valence-corrected chi connectivity index (χ2v) is 3.40. The molecule has 0 aliphatic rings. The van der Waals surface area contributed by atoms with E-state index in [0.29, 0.717) is 16.7 Å². The summed E-state index contributed by atoms with van der Waals surface area (Å²) in [6, 6.07) is 4.79. The van der Waals surface area contributed by atoms with Crippen LogP contribution < -0.4 is 0 Å². The van der Waals surface area contributed by atoms with Gasteiger partial charge in [0.2, 0.25) is 0 Å². The number of alkyl halides is 1. The second kappa shape index (κ2) is 5.38. The van der Waals surface area contributed by atoms with Crippen molar-refractivity contribution in [2.24, 2.45) is 0 Å². The van der Waals surface area contributed by atoms with Crippen LogP contribution in [0.15, 0.2) is 12.1 Å². The summed E-state index contributed by atoms with van der Waals surface area (Å²) in [6.07, 6.45) is -0.0461. The zero-order valence-corrected chi connectivity index (χ0v) is 9.41. The maximum atomic E-state index is 11.1. The number of hydrogen-bond acceptors (Lipinski definition) is 4. The third-order valence-corrected chi connectivity index (χ3v) is 2.42. The number of rotatable bonds is 3. The molecule has 0 aromatic heterocycles. The first-order chi connectivity index (χ1) is 7.62. The largest absolute Gasteiger partial charge is 0.508 e. The van der Waals surface area contributed by atoms with E-state index in [0.717, 1.165) is 0 Å². The summed E-state index contributed by atoms with van der Waals surface area (Å²) >= 11 is 5.59. The Hall–Kier alpha value is -1.73. The van der Waals surface area contributed by atoms with Gasteiger partial charge in [0.25, 0.3) is 0 Å². The van der Waals surface area contributed by atoms with Crippen LogP contribution in [0.2, 0.25) is 0 Å². The van der Waals surface area contributed by atoms with Crippen molar-refractivity contribution >= 4 is 17.6 Å². The van der Waals surface area contributed by atoms with Gasteiger partial charge in [-0.15, -0.1) is 11.6 Å². The van der Waals surface area contributed by atoms with Gasteiger partial charge in [0.05, 0.1) is 31.0 Å². The number of benzene rings is 1. The van der Waals surface area contributed by atoms with Gasteiger partial charge in [-0.05, 0) is 17.7 Å². The summed E-state index contributed by atoms with van der Waals surface area (Å²) < 4.78 is 4.49. The van der Waals surface area contributed by atoms with E-state index in [-0.39, 0.29) is 18.1 Å². The lowest BCUT2D eigenvalue weighted by atomic mass is 10.0. The third-order valence-electron chi connectivity index (χ3n) is 2.13. The number of phenolic OH excluding ortho intramolecular Hbond substituents is 1. The number of methoxy groups -OCH3 is 1. The van der Waals surface area contributed by atoms with E-state index in [1.54, 1.807) is 0 Å². The average Bonchev–Trinajstić information content (AvgIpc) is 2.29. The monoisotopic (exact) mass is 239 g/mol. The molecule has 0 spiro atoms. The lowest BCUT2D eigenvalue weighted by molar-refractivity contribution is -0.139. The molecule has 0 saturated heterocycles. The maximum Gasteiger partial charge on any atom is 0.310 e. The molecule has 0 aliphatic heterocycles. The smallest absolute Gasteiger partial charge is 0.310 e. The Balaban J connectivity index is 3.14. The SMILES string of the molecule is COC(=O)Cc1cc(O)c(CCl)cc1C#N. The molecule has 0 unspecified atom stereocenters. The lowest BCUT2D eigenvalue weighted by Crippen LogP contribution is -2.06. The molecule has 5 heteroatoms. The van der Waals surface area contributed by atoms with Crippen molar-refractivity contribution in [1.82, 2.24) is 0 Å². The average molecular weight is 240 g/mol. The van der Waals surface area contributed by atoms with Crippen LogP contribution in [0.5, 0.6) is 5.75 Å². The van der Waals surface area contributed by atoms with Crippen LogP contribution in [0.25, 0.3) is 0 Å². The van der Waals surface area contributed by atoms with Crippen LogP contribution in [-0.2, 0) is 21.8 Å². The number of nitrogens with zero attached hydrogens (tertiary/aromatic N) is 1. The Kier molecular flexibility index (Phi) is 4.15. The van der Waals surface area contributed by atoms with Gasteiger partial charge in [-0.2, -0.15) is 5.26 Å². The molecule has 1 aromatic carbocycles. The Morgan fingerprint density at radius 2 is 2.25 bits per heavy atom. The molecule has 1 rings (SSSR count). The molecule has 0 saturated carbocycles. The molecule has 0 atom stereocenters. The minimum absolute atomic E-state index is 0.0205. The highest BCUT2D eigenvalue weighted by atomic mass is 35.5. The molecule has 1 N–H and O–H groups in total. The van der Waals surface area contributed by atoms with E-state index in [9.17, 15) is 9.90 Å². The van der Waals surface area contributed by atoms with Crippen molar-refractivity contribution in [3.63, 3.8) is 0 Å². The standard InChI is InChI=1S/C11H10ClNO3/c1-16-11(15)4-7-3-10(14)8(5-12)2-9(7)6-13/h2-3,14H,4-5H2,1H3. The number of carbonyl (C=O) groups is 1. The normalized spacial score (nSPS) is 9.56. The van der Waals surface area contributed by atoms with Crippen LogP contribution in [0.3, 0.4) is 0 Å². The second-order valence-electron chi connectivity index (χ2n) is 3.14. The molecule has 16 heavy (non-hydrogen) atoms. The predicted octanol–water partition coefficient (Wildman–Crippen LogP) is 1.72. The van der Waals surface area contributed by atoms with Gasteiger partial charge < -0.3 is 9.84 Å². The van der Waals surface area contributed by atoms with E-state index < -0.39 is 5.97 Å². The number of aromatic hydroxyl groups is 1. The third kappa shape index (κ3) is 2.65. The predicted molar refractivity (Wildman–Crippen MR) is 58.1 cm³/mol. The highest BCUT2D eigenvalue weighted by Crippen LogP contribution is 2.24. The first kappa shape index (κ1) is 12.3.